The van der Waals surface area contributed by atoms with Crippen LogP contribution in [0.1, 0.15) is 24.2 Å². The third-order valence-corrected chi connectivity index (χ3v) is 2.97. The lowest BCUT2D eigenvalue weighted by Crippen LogP contribution is -2.41. The van der Waals surface area contributed by atoms with E-state index in [4.69, 9.17) is 9.47 Å². The van der Waals surface area contributed by atoms with E-state index in [1.807, 2.05) is 13.8 Å². The summed E-state index contributed by atoms with van der Waals surface area (Å²) in [6, 6.07) is 4.71. The van der Waals surface area contributed by atoms with Gasteiger partial charge in [-0.1, -0.05) is 13.8 Å². The van der Waals surface area contributed by atoms with Crippen LogP contribution in [0.15, 0.2) is 18.2 Å². The predicted molar refractivity (Wildman–Crippen MR) is 72.7 cm³/mol. The number of hydrogen-bond donors (Lipinski definition) is 2. The number of benzene rings is 1. The van der Waals surface area contributed by atoms with Crippen LogP contribution in [0.5, 0.6) is 11.5 Å². The Morgan fingerprint density at radius 3 is 2.47 bits per heavy atom. The number of aliphatic hydroxyl groups is 1. The van der Waals surface area contributed by atoms with Crippen LogP contribution in [0.4, 0.5) is 0 Å². The van der Waals surface area contributed by atoms with Gasteiger partial charge in [-0.15, -0.1) is 0 Å². The molecule has 0 heterocycles. The molecule has 0 saturated heterocycles. The molecule has 0 fully saturated rings. The standard InChI is InChI=1S/C14H21NO4/c1-9(2)12(8-16)15-14(17)11-6-5-10(18-3)7-13(11)19-4/h5-7,9,12,16H,8H2,1-4H3,(H,15,17)/t12-/m1/s1. The lowest BCUT2D eigenvalue weighted by molar-refractivity contribution is 0.0893. The van der Waals surface area contributed by atoms with E-state index in [-0.39, 0.29) is 24.5 Å². The molecule has 0 bridgehead atoms. The molecule has 106 valence electrons. The molecule has 1 atom stereocenters. The van der Waals surface area contributed by atoms with Crippen LogP contribution in [-0.2, 0) is 0 Å². The lowest BCUT2D eigenvalue weighted by atomic mass is 10.0. The Morgan fingerprint density at radius 1 is 1.32 bits per heavy atom. The molecular formula is C14H21NO4. The molecule has 19 heavy (non-hydrogen) atoms. The Kier molecular flexibility index (Phi) is 5.63. The van der Waals surface area contributed by atoms with Crippen molar-refractivity contribution in [2.24, 2.45) is 5.92 Å². The molecule has 0 spiro atoms. The molecule has 5 nitrogen and oxygen atoms in total. The monoisotopic (exact) mass is 267 g/mol. The molecule has 5 heteroatoms. The first-order valence-electron chi connectivity index (χ1n) is 6.17. The molecule has 0 aliphatic heterocycles. The third kappa shape index (κ3) is 3.86. The summed E-state index contributed by atoms with van der Waals surface area (Å²) in [4.78, 5) is 12.2. The molecule has 1 amide bonds. The first-order valence-corrected chi connectivity index (χ1v) is 6.17. The Bertz CT molecular complexity index is 431. The van der Waals surface area contributed by atoms with Gasteiger partial charge in [-0.25, -0.2) is 0 Å². The van der Waals surface area contributed by atoms with Gasteiger partial charge in [0.05, 0.1) is 32.4 Å². The first-order chi connectivity index (χ1) is 9.03. The minimum Gasteiger partial charge on any atom is -0.497 e. The number of amides is 1. The van der Waals surface area contributed by atoms with E-state index in [9.17, 15) is 9.90 Å². The van der Waals surface area contributed by atoms with Gasteiger partial charge in [-0.3, -0.25) is 4.79 Å². The fourth-order valence-corrected chi connectivity index (χ4v) is 1.66. The zero-order valence-corrected chi connectivity index (χ0v) is 11.8. The van der Waals surface area contributed by atoms with Gasteiger partial charge in [0.2, 0.25) is 0 Å². The molecular weight excluding hydrogens is 246 g/mol. The predicted octanol–water partition coefficient (Wildman–Crippen LogP) is 1.45. The topological polar surface area (TPSA) is 67.8 Å². The number of hydrogen-bond acceptors (Lipinski definition) is 4. The summed E-state index contributed by atoms with van der Waals surface area (Å²) < 4.78 is 10.3. The SMILES string of the molecule is COc1ccc(C(=O)N[C@H](CO)C(C)C)c(OC)c1. The summed E-state index contributed by atoms with van der Waals surface area (Å²) in [5, 5.41) is 12.0. The molecule has 1 aromatic rings. The van der Waals surface area contributed by atoms with Gasteiger partial charge < -0.3 is 19.9 Å². The maximum atomic E-state index is 12.2. The molecule has 0 radical (unpaired) electrons. The number of carbonyl (C=O) groups excluding carboxylic acids is 1. The second-order valence-corrected chi connectivity index (χ2v) is 4.57. The first kappa shape index (κ1) is 15.3. The molecule has 0 unspecified atom stereocenters. The fourth-order valence-electron chi connectivity index (χ4n) is 1.66. The number of aliphatic hydroxyl groups excluding tert-OH is 1. The zero-order valence-electron chi connectivity index (χ0n) is 11.8. The maximum absolute atomic E-state index is 12.2. The minimum atomic E-state index is -0.278. The largest absolute Gasteiger partial charge is 0.497 e. The van der Waals surface area contributed by atoms with E-state index in [0.29, 0.717) is 17.1 Å². The Hall–Kier alpha value is -1.75. The highest BCUT2D eigenvalue weighted by molar-refractivity contribution is 5.97. The van der Waals surface area contributed by atoms with Crippen LogP contribution in [-0.4, -0.2) is 37.9 Å². The van der Waals surface area contributed by atoms with Crippen molar-refractivity contribution in [2.75, 3.05) is 20.8 Å². The quantitative estimate of drug-likeness (QED) is 0.818. The van der Waals surface area contributed by atoms with Gasteiger partial charge in [0.1, 0.15) is 11.5 Å². The highest BCUT2D eigenvalue weighted by Crippen LogP contribution is 2.24. The molecule has 2 N–H and O–H groups in total. The van der Waals surface area contributed by atoms with Crippen molar-refractivity contribution in [1.29, 1.82) is 0 Å². The number of ether oxygens (including phenoxy) is 2. The minimum absolute atomic E-state index is 0.0954. The highest BCUT2D eigenvalue weighted by Gasteiger charge is 2.19. The van der Waals surface area contributed by atoms with Crippen molar-refractivity contribution < 1.29 is 19.4 Å². The second kappa shape index (κ2) is 6.99. The van der Waals surface area contributed by atoms with Crippen molar-refractivity contribution in [2.45, 2.75) is 19.9 Å². The Labute approximate surface area is 113 Å². The fraction of sp³-hybridized carbons (Fsp3) is 0.500. The molecule has 1 aromatic carbocycles. The van der Waals surface area contributed by atoms with E-state index >= 15 is 0 Å². The molecule has 0 aliphatic carbocycles. The zero-order chi connectivity index (χ0) is 14.4. The molecule has 0 aliphatic rings. The summed E-state index contributed by atoms with van der Waals surface area (Å²) in [7, 11) is 3.05. The van der Waals surface area contributed by atoms with Crippen molar-refractivity contribution in [3.05, 3.63) is 23.8 Å². The van der Waals surface area contributed by atoms with E-state index < -0.39 is 0 Å². The van der Waals surface area contributed by atoms with Crippen LogP contribution in [0.3, 0.4) is 0 Å². The van der Waals surface area contributed by atoms with Crippen LogP contribution in [0.2, 0.25) is 0 Å². The van der Waals surface area contributed by atoms with Crippen LogP contribution in [0.25, 0.3) is 0 Å². The second-order valence-electron chi connectivity index (χ2n) is 4.57. The summed E-state index contributed by atoms with van der Waals surface area (Å²) in [6.07, 6.45) is 0. The van der Waals surface area contributed by atoms with Crippen LogP contribution in [0, 0.1) is 5.92 Å². The van der Waals surface area contributed by atoms with Crippen molar-refractivity contribution in [1.82, 2.24) is 5.32 Å². The molecule has 0 aromatic heterocycles. The number of carbonyl (C=O) groups is 1. The number of nitrogens with one attached hydrogen (secondary N) is 1. The Balaban J connectivity index is 2.93. The Morgan fingerprint density at radius 2 is 2.00 bits per heavy atom. The van der Waals surface area contributed by atoms with E-state index in [1.165, 1.54) is 7.11 Å². The number of methoxy groups -OCH3 is 2. The van der Waals surface area contributed by atoms with Crippen molar-refractivity contribution in [3.63, 3.8) is 0 Å². The highest BCUT2D eigenvalue weighted by atomic mass is 16.5. The van der Waals surface area contributed by atoms with Gasteiger partial charge in [0, 0.05) is 6.07 Å². The third-order valence-electron chi connectivity index (χ3n) is 2.97. The van der Waals surface area contributed by atoms with Crippen molar-refractivity contribution >= 4 is 5.91 Å². The van der Waals surface area contributed by atoms with Gasteiger partial charge in [0.25, 0.3) is 5.91 Å². The van der Waals surface area contributed by atoms with Gasteiger partial charge in [-0.2, -0.15) is 0 Å². The maximum Gasteiger partial charge on any atom is 0.255 e. The normalized spacial score (nSPS) is 12.1. The molecule has 1 rings (SSSR count). The average molecular weight is 267 g/mol. The van der Waals surface area contributed by atoms with Crippen LogP contribution < -0.4 is 14.8 Å². The summed E-state index contributed by atoms with van der Waals surface area (Å²) >= 11 is 0. The van der Waals surface area contributed by atoms with Gasteiger partial charge in [-0.05, 0) is 18.1 Å². The summed E-state index contributed by atoms with van der Waals surface area (Å²) in [6.45, 7) is 3.78. The van der Waals surface area contributed by atoms with Crippen LogP contribution >= 0.6 is 0 Å². The van der Waals surface area contributed by atoms with Gasteiger partial charge >= 0.3 is 0 Å². The van der Waals surface area contributed by atoms with E-state index in [2.05, 4.69) is 5.32 Å². The van der Waals surface area contributed by atoms with E-state index in [1.54, 1.807) is 25.3 Å². The number of rotatable bonds is 6. The van der Waals surface area contributed by atoms with E-state index in [0.717, 1.165) is 0 Å². The van der Waals surface area contributed by atoms with Gasteiger partial charge in [0.15, 0.2) is 0 Å². The molecule has 0 saturated carbocycles. The lowest BCUT2D eigenvalue weighted by Gasteiger charge is -2.20. The smallest absolute Gasteiger partial charge is 0.255 e. The average Bonchev–Trinajstić information content (AvgIpc) is 2.43. The summed E-state index contributed by atoms with van der Waals surface area (Å²) in [5.74, 6) is 0.943. The summed E-state index contributed by atoms with van der Waals surface area (Å²) in [5.41, 5.74) is 0.419. The van der Waals surface area contributed by atoms with Crippen molar-refractivity contribution in [3.8, 4) is 11.5 Å².